The molecule has 2 fully saturated rings. The van der Waals surface area contributed by atoms with E-state index >= 15 is 0 Å². The van der Waals surface area contributed by atoms with Crippen LogP contribution in [0.25, 0.3) is 0 Å². The van der Waals surface area contributed by atoms with Crippen LogP contribution in [0.1, 0.15) is 75.3 Å². The average Bonchev–Trinajstić information content (AvgIpc) is 2.72. The van der Waals surface area contributed by atoms with Crippen LogP contribution in [0.5, 0.6) is 0 Å². The van der Waals surface area contributed by atoms with Crippen LogP contribution in [0.4, 0.5) is 0 Å². The molecule has 0 radical (unpaired) electrons. The molecule has 142 valence electrons. The van der Waals surface area contributed by atoms with Crippen LogP contribution < -0.4 is 0 Å². The fraction of sp³-hybridized carbons (Fsp3) is 0.600. The quantitative estimate of drug-likeness (QED) is 0.377. The van der Waals surface area contributed by atoms with Crippen LogP contribution >= 0.6 is 0 Å². The third kappa shape index (κ3) is 5.33. The summed E-state index contributed by atoms with van der Waals surface area (Å²) in [6.45, 7) is 7.43. The zero-order valence-electron chi connectivity index (χ0n) is 16.5. The van der Waals surface area contributed by atoms with Gasteiger partial charge < -0.3 is 4.74 Å². The highest BCUT2D eigenvalue weighted by atomic mass is 16.5. The largest absolute Gasteiger partial charge is 0.373 e. The first-order valence-corrected chi connectivity index (χ1v) is 10.7. The van der Waals surface area contributed by atoms with Crippen molar-refractivity contribution in [3.63, 3.8) is 0 Å². The first kappa shape index (κ1) is 19.4. The summed E-state index contributed by atoms with van der Waals surface area (Å²) in [5.41, 5.74) is 2.82. The average molecular weight is 353 g/mol. The summed E-state index contributed by atoms with van der Waals surface area (Å²) in [7, 11) is 0. The predicted molar refractivity (Wildman–Crippen MR) is 111 cm³/mol. The molecular formula is C25H36O. The zero-order valence-corrected chi connectivity index (χ0v) is 16.5. The molecule has 0 aromatic heterocycles. The minimum atomic E-state index is 0.705. The normalized spacial score (nSPS) is 29.7. The Morgan fingerprint density at radius 2 is 1.54 bits per heavy atom. The Bertz CT molecular complexity index is 554. The molecule has 1 heteroatoms. The van der Waals surface area contributed by atoms with Gasteiger partial charge in [0.25, 0.3) is 0 Å². The fourth-order valence-corrected chi connectivity index (χ4v) is 5.00. The highest BCUT2D eigenvalue weighted by molar-refractivity contribution is 5.25. The van der Waals surface area contributed by atoms with Gasteiger partial charge in [-0.1, -0.05) is 42.5 Å². The lowest BCUT2D eigenvalue weighted by Gasteiger charge is -2.37. The van der Waals surface area contributed by atoms with Gasteiger partial charge in [0.1, 0.15) is 0 Å². The maximum absolute atomic E-state index is 5.65. The standard InChI is InChI=1S/C25H36O/c1-3-5-18-26-19-21-8-12-23(13-9-21)25-16-14-24(15-17-25)22-10-6-20(4-2)7-11-22/h3-5,8-9,12-13,20,22,24-25H,2,6-7,10-11,14-19H2,1H3/b5-3+. The Labute approximate surface area is 160 Å². The minimum absolute atomic E-state index is 0.705. The van der Waals surface area contributed by atoms with E-state index in [9.17, 15) is 0 Å². The van der Waals surface area contributed by atoms with E-state index < -0.39 is 0 Å². The van der Waals surface area contributed by atoms with Gasteiger partial charge in [-0.2, -0.15) is 0 Å². The summed E-state index contributed by atoms with van der Waals surface area (Å²) in [6, 6.07) is 9.20. The van der Waals surface area contributed by atoms with Gasteiger partial charge >= 0.3 is 0 Å². The van der Waals surface area contributed by atoms with Crippen LogP contribution in [0.3, 0.4) is 0 Å². The van der Waals surface area contributed by atoms with Crippen molar-refractivity contribution in [2.45, 2.75) is 70.8 Å². The molecule has 0 bridgehead atoms. The van der Waals surface area contributed by atoms with Gasteiger partial charge in [0, 0.05) is 0 Å². The van der Waals surface area contributed by atoms with E-state index in [2.05, 4.69) is 43.0 Å². The van der Waals surface area contributed by atoms with Crippen LogP contribution in [-0.2, 0) is 11.3 Å². The van der Waals surface area contributed by atoms with Crippen molar-refractivity contribution in [3.05, 3.63) is 60.2 Å². The van der Waals surface area contributed by atoms with Crippen molar-refractivity contribution >= 4 is 0 Å². The summed E-state index contributed by atoms with van der Waals surface area (Å²) < 4.78 is 5.65. The first-order chi connectivity index (χ1) is 12.8. The van der Waals surface area contributed by atoms with Crippen molar-refractivity contribution < 1.29 is 4.74 Å². The Kier molecular flexibility index (Phi) is 7.55. The van der Waals surface area contributed by atoms with Gasteiger partial charge in [0.05, 0.1) is 13.2 Å². The molecular weight excluding hydrogens is 316 g/mol. The van der Waals surface area contributed by atoms with E-state index in [1.54, 1.807) is 0 Å². The highest BCUT2D eigenvalue weighted by Crippen LogP contribution is 2.44. The van der Waals surface area contributed by atoms with Gasteiger partial charge in [-0.3, -0.25) is 0 Å². The predicted octanol–water partition coefficient (Wildman–Crippen LogP) is 7.05. The Morgan fingerprint density at radius 1 is 0.923 bits per heavy atom. The fourth-order valence-electron chi connectivity index (χ4n) is 5.00. The maximum atomic E-state index is 5.65. The second-order valence-electron chi connectivity index (χ2n) is 8.35. The molecule has 0 aliphatic heterocycles. The molecule has 2 aliphatic rings. The number of benzene rings is 1. The first-order valence-electron chi connectivity index (χ1n) is 10.7. The van der Waals surface area contributed by atoms with E-state index in [1.807, 2.05) is 13.0 Å². The smallest absolute Gasteiger partial charge is 0.0721 e. The Hall–Kier alpha value is -1.34. The number of hydrogen-bond donors (Lipinski definition) is 0. The van der Waals surface area contributed by atoms with E-state index in [1.165, 1.54) is 62.5 Å². The molecule has 2 aliphatic carbocycles. The van der Waals surface area contributed by atoms with Crippen LogP contribution in [0, 0.1) is 17.8 Å². The molecule has 0 amide bonds. The summed E-state index contributed by atoms with van der Waals surface area (Å²) >= 11 is 0. The monoisotopic (exact) mass is 352 g/mol. The SMILES string of the molecule is C=CC1CCC(C2CCC(c3ccc(COC/C=C/C)cc3)CC2)CC1. The molecule has 0 N–H and O–H groups in total. The molecule has 0 unspecified atom stereocenters. The van der Waals surface area contributed by atoms with Gasteiger partial charge in [-0.25, -0.2) is 0 Å². The van der Waals surface area contributed by atoms with Crippen molar-refractivity contribution in [1.82, 2.24) is 0 Å². The third-order valence-corrected chi connectivity index (χ3v) is 6.76. The molecule has 0 heterocycles. The second kappa shape index (κ2) is 10.1. The summed E-state index contributed by atoms with van der Waals surface area (Å²) in [4.78, 5) is 0. The number of allylic oxidation sites excluding steroid dienone is 2. The van der Waals surface area contributed by atoms with Crippen LogP contribution in [0.15, 0.2) is 49.1 Å². The summed E-state index contributed by atoms with van der Waals surface area (Å²) in [6.07, 6.45) is 17.5. The van der Waals surface area contributed by atoms with E-state index in [0.29, 0.717) is 13.2 Å². The van der Waals surface area contributed by atoms with Crippen molar-refractivity contribution in [3.8, 4) is 0 Å². The van der Waals surface area contributed by atoms with Crippen LogP contribution in [-0.4, -0.2) is 6.61 Å². The lowest BCUT2D eigenvalue weighted by atomic mass is 9.68. The lowest BCUT2D eigenvalue weighted by molar-refractivity contribution is 0.148. The van der Waals surface area contributed by atoms with Gasteiger partial charge in [0.2, 0.25) is 0 Å². The molecule has 1 aromatic rings. The topological polar surface area (TPSA) is 9.23 Å². The number of ether oxygens (including phenoxy) is 1. The van der Waals surface area contributed by atoms with Crippen LogP contribution in [0.2, 0.25) is 0 Å². The maximum Gasteiger partial charge on any atom is 0.0721 e. The molecule has 1 aromatic carbocycles. The molecule has 2 saturated carbocycles. The zero-order chi connectivity index (χ0) is 18.2. The van der Waals surface area contributed by atoms with Crippen molar-refractivity contribution in [1.29, 1.82) is 0 Å². The molecule has 3 rings (SSSR count). The minimum Gasteiger partial charge on any atom is -0.373 e. The summed E-state index contributed by atoms with van der Waals surface area (Å²) in [5.74, 6) is 3.54. The molecule has 1 nitrogen and oxygen atoms in total. The lowest BCUT2D eigenvalue weighted by Crippen LogP contribution is -2.25. The van der Waals surface area contributed by atoms with Crippen molar-refractivity contribution in [2.75, 3.05) is 6.61 Å². The van der Waals surface area contributed by atoms with E-state index in [-0.39, 0.29) is 0 Å². The van der Waals surface area contributed by atoms with Gasteiger partial charge in [0.15, 0.2) is 0 Å². The molecule has 0 spiro atoms. The molecule has 26 heavy (non-hydrogen) atoms. The molecule has 0 saturated heterocycles. The van der Waals surface area contributed by atoms with Gasteiger partial charge in [-0.15, -0.1) is 6.58 Å². The number of hydrogen-bond acceptors (Lipinski definition) is 1. The second-order valence-corrected chi connectivity index (χ2v) is 8.35. The van der Waals surface area contributed by atoms with E-state index in [4.69, 9.17) is 4.74 Å². The number of rotatable bonds is 7. The van der Waals surface area contributed by atoms with Crippen molar-refractivity contribution in [2.24, 2.45) is 17.8 Å². The third-order valence-electron chi connectivity index (χ3n) is 6.76. The summed E-state index contributed by atoms with van der Waals surface area (Å²) in [5, 5.41) is 0. The van der Waals surface area contributed by atoms with E-state index in [0.717, 1.165) is 23.7 Å². The Balaban J connectivity index is 1.43. The van der Waals surface area contributed by atoms with Gasteiger partial charge in [-0.05, 0) is 93.1 Å². The highest BCUT2D eigenvalue weighted by Gasteiger charge is 2.30. The molecule has 0 atom stereocenters. The Morgan fingerprint density at radius 3 is 2.12 bits per heavy atom.